The van der Waals surface area contributed by atoms with Crippen LogP contribution in [0.4, 0.5) is 5.69 Å². The van der Waals surface area contributed by atoms with Crippen molar-refractivity contribution in [1.29, 1.82) is 0 Å². The number of para-hydroxylation sites is 1. The van der Waals surface area contributed by atoms with Gasteiger partial charge in [-0.25, -0.2) is 5.10 Å². The lowest BCUT2D eigenvalue weighted by Gasteiger charge is -2.08. The standard InChI is InChI=1S/C13H14N6OS/c1-2-18-11(20)10(7-8-5-3-4-6-9(8)14)17-19-12(18)15-16-13(19)21/h3-6H,2,7,14H2,1H3,(H,16,21). The number of hydrogen-bond donors (Lipinski definition) is 2. The maximum absolute atomic E-state index is 12.5. The van der Waals surface area contributed by atoms with Crippen LogP contribution in [-0.2, 0) is 13.0 Å². The molecular weight excluding hydrogens is 288 g/mol. The number of anilines is 1. The molecule has 0 radical (unpaired) electrons. The highest BCUT2D eigenvalue weighted by molar-refractivity contribution is 7.71. The van der Waals surface area contributed by atoms with Crippen LogP contribution in [0.5, 0.6) is 0 Å². The number of nitrogen functional groups attached to an aromatic ring is 1. The summed E-state index contributed by atoms with van der Waals surface area (Å²) in [6, 6.07) is 7.42. The highest BCUT2D eigenvalue weighted by Crippen LogP contribution is 2.13. The summed E-state index contributed by atoms with van der Waals surface area (Å²) in [7, 11) is 0. The Morgan fingerprint density at radius 1 is 1.38 bits per heavy atom. The number of fused-ring (bicyclic) bond motifs is 1. The summed E-state index contributed by atoms with van der Waals surface area (Å²) in [6.45, 7) is 2.36. The first-order valence-corrected chi connectivity index (χ1v) is 6.93. The zero-order valence-electron chi connectivity index (χ0n) is 11.4. The predicted molar refractivity (Wildman–Crippen MR) is 81.8 cm³/mol. The van der Waals surface area contributed by atoms with Crippen molar-refractivity contribution in [3.05, 3.63) is 50.6 Å². The first-order valence-electron chi connectivity index (χ1n) is 6.52. The van der Waals surface area contributed by atoms with E-state index in [1.807, 2.05) is 25.1 Å². The predicted octanol–water partition coefficient (Wildman–Crippen LogP) is 1.14. The number of benzene rings is 1. The van der Waals surface area contributed by atoms with E-state index in [1.165, 1.54) is 9.08 Å². The molecule has 0 fully saturated rings. The minimum absolute atomic E-state index is 0.178. The number of aromatic nitrogens is 5. The van der Waals surface area contributed by atoms with Gasteiger partial charge < -0.3 is 5.73 Å². The van der Waals surface area contributed by atoms with Crippen molar-refractivity contribution in [1.82, 2.24) is 24.4 Å². The molecule has 2 heterocycles. The molecule has 0 saturated heterocycles. The lowest BCUT2D eigenvalue weighted by atomic mass is 10.1. The fourth-order valence-electron chi connectivity index (χ4n) is 2.23. The number of rotatable bonds is 3. The van der Waals surface area contributed by atoms with Crippen molar-refractivity contribution in [3.63, 3.8) is 0 Å². The molecule has 1 aromatic carbocycles. The fraction of sp³-hybridized carbons (Fsp3) is 0.231. The Bertz CT molecular complexity index is 922. The molecule has 3 rings (SSSR count). The van der Waals surface area contributed by atoms with E-state index in [4.69, 9.17) is 18.0 Å². The van der Waals surface area contributed by atoms with Crippen molar-refractivity contribution in [3.8, 4) is 0 Å². The van der Waals surface area contributed by atoms with Crippen molar-refractivity contribution in [2.24, 2.45) is 0 Å². The third-order valence-corrected chi connectivity index (χ3v) is 3.58. The van der Waals surface area contributed by atoms with Crippen molar-refractivity contribution >= 4 is 23.7 Å². The van der Waals surface area contributed by atoms with E-state index in [-0.39, 0.29) is 5.56 Å². The zero-order chi connectivity index (χ0) is 15.0. The fourth-order valence-corrected chi connectivity index (χ4v) is 2.40. The summed E-state index contributed by atoms with van der Waals surface area (Å²) in [6.07, 6.45) is 0.356. The van der Waals surface area contributed by atoms with Gasteiger partial charge in [0.05, 0.1) is 0 Å². The molecule has 0 aliphatic rings. The van der Waals surface area contributed by atoms with Crippen molar-refractivity contribution in [2.45, 2.75) is 19.9 Å². The second-order valence-electron chi connectivity index (χ2n) is 4.61. The van der Waals surface area contributed by atoms with Gasteiger partial charge in [-0.3, -0.25) is 9.36 Å². The van der Waals surface area contributed by atoms with Gasteiger partial charge in [0.25, 0.3) is 11.3 Å². The van der Waals surface area contributed by atoms with Crippen LogP contribution in [-0.4, -0.2) is 24.4 Å². The Hall–Kier alpha value is -2.48. The van der Waals surface area contributed by atoms with Crippen LogP contribution in [0.3, 0.4) is 0 Å². The number of nitrogens with two attached hydrogens (primary N) is 1. The molecule has 0 amide bonds. The highest BCUT2D eigenvalue weighted by atomic mass is 32.1. The molecular formula is C13H14N6OS. The van der Waals surface area contributed by atoms with Crippen LogP contribution in [0, 0.1) is 4.77 Å². The molecule has 8 heteroatoms. The molecule has 0 unspecified atom stereocenters. The SMILES string of the molecule is CCn1c(=O)c(Cc2ccccc2N)nn2c(=S)[nH]nc12. The van der Waals surface area contributed by atoms with E-state index >= 15 is 0 Å². The Balaban J connectivity index is 2.21. The minimum atomic E-state index is -0.178. The smallest absolute Gasteiger partial charge is 0.277 e. The molecule has 7 nitrogen and oxygen atoms in total. The van der Waals surface area contributed by atoms with Crippen LogP contribution < -0.4 is 11.3 Å². The Morgan fingerprint density at radius 2 is 2.14 bits per heavy atom. The van der Waals surface area contributed by atoms with Gasteiger partial charge in [-0.2, -0.15) is 9.61 Å². The zero-order valence-corrected chi connectivity index (χ0v) is 12.2. The lowest BCUT2D eigenvalue weighted by molar-refractivity contribution is 0.671. The van der Waals surface area contributed by atoms with Gasteiger partial charge in [-0.1, -0.05) is 18.2 Å². The Labute approximate surface area is 125 Å². The summed E-state index contributed by atoms with van der Waals surface area (Å²) >= 11 is 5.13. The van der Waals surface area contributed by atoms with Crippen molar-refractivity contribution < 1.29 is 0 Å². The Kier molecular flexibility index (Phi) is 3.30. The monoisotopic (exact) mass is 302 g/mol. The molecule has 0 bridgehead atoms. The number of aryl methyl sites for hydroxylation is 1. The average molecular weight is 302 g/mol. The van der Waals surface area contributed by atoms with Crippen LogP contribution >= 0.6 is 12.2 Å². The molecule has 0 spiro atoms. The van der Waals surface area contributed by atoms with Gasteiger partial charge in [-0.15, -0.1) is 5.10 Å². The third-order valence-electron chi connectivity index (χ3n) is 3.32. The molecule has 108 valence electrons. The molecule has 2 aromatic heterocycles. The number of nitrogens with zero attached hydrogens (tertiary/aromatic N) is 4. The van der Waals surface area contributed by atoms with Gasteiger partial charge in [0, 0.05) is 18.7 Å². The second-order valence-corrected chi connectivity index (χ2v) is 5.00. The van der Waals surface area contributed by atoms with E-state index in [2.05, 4.69) is 15.3 Å². The molecule has 0 aliphatic carbocycles. The topological polar surface area (TPSA) is 94.0 Å². The summed E-state index contributed by atoms with van der Waals surface area (Å²) in [5, 5.41) is 11.0. The van der Waals surface area contributed by atoms with Crippen LogP contribution in [0.2, 0.25) is 0 Å². The second kappa shape index (κ2) is 5.13. The first-order chi connectivity index (χ1) is 10.1. The lowest BCUT2D eigenvalue weighted by Crippen LogP contribution is -2.28. The summed E-state index contributed by atoms with van der Waals surface area (Å²) < 4.78 is 3.36. The Morgan fingerprint density at radius 3 is 2.86 bits per heavy atom. The van der Waals surface area contributed by atoms with Crippen LogP contribution in [0.15, 0.2) is 29.1 Å². The average Bonchev–Trinajstić information content (AvgIpc) is 2.83. The number of nitrogens with one attached hydrogen (secondary N) is 1. The van der Waals surface area contributed by atoms with Crippen molar-refractivity contribution in [2.75, 3.05) is 5.73 Å². The number of aromatic amines is 1. The highest BCUT2D eigenvalue weighted by Gasteiger charge is 2.13. The van der Waals surface area contributed by atoms with Gasteiger partial charge >= 0.3 is 0 Å². The molecule has 0 saturated carbocycles. The number of H-pyrrole nitrogens is 1. The summed E-state index contributed by atoms with van der Waals surface area (Å²) in [5.74, 6) is 0.414. The molecule has 3 aromatic rings. The van der Waals surface area contributed by atoms with E-state index < -0.39 is 0 Å². The maximum atomic E-state index is 12.5. The first kappa shape index (κ1) is 13.5. The summed E-state index contributed by atoms with van der Waals surface area (Å²) in [4.78, 5) is 12.5. The molecule has 0 aliphatic heterocycles. The van der Waals surface area contributed by atoms with E-state index in [9.17, 15) is 4.79 Å². The maximum Gasteiger partial charge on any atom is 0.277 e. The number of hydrogen-bond acceptors (Lipinski definition) is 5. The molecule has 21 heavy (non-hydrogen) atoms. The minimum Gasteiger partial charge on any atom is -0.398 e. The third kappa shape index (κ3) is 2.23. The normalized spacial score (nSPS) is 11.1. The van der Waals surface area contributed by atoms with Crippen LogP contribution in [0.25, 0.3) is 5.78 Å². The summed E-state index contributed by atoms with van der Waals surface area (Å²) in [5.41, 5.74) is 7.64. The van der Waals surface area contributed by atoms with Crippen LogP contribution in [0.1, 0.15) is 18.2 Å². The quantitative estimate of drug-likeness (QED) is 0.559. The van der Waals surface area contributed by atoms with E-state index in [0.717, 1.165) is 5.56 Å². The van der Waals surface area contributed by atoms with E-state index in [1.54, 1.807) is 6.07 Å². The largest absolute Gasteiger partial charge is 0.398 e. The molecule has 0 atom stereocenters. The van der Waals surface area contributed by atoms with Gasteiger partial charge in [0.1, 0.15) is 5.69 Å². The molecule has 3 N–H and O–H groups in total. The van der Waals surface area contributed by atoms with Gasteiger partial charge in [-0.05, 0) is 30.8 Å². The van der Waals surface area contributed by atoms with Gasteiger partial charge in [0.15, 0.2) is 0 Å². The van der Waals surface area contributed by atoms with E-state index in [0.29, 0.717) is 34.9 Å². The van der Waals surface area contributed by atoms with Gasteiger partial charge in [0.2, 0.25) is 4.77 Å².